The van der Waals surface area contributed by atoms with E-state index < -0.39 is 11.5 Å². The first kappa shape index (κ1) is 15.5. The average Bonchev–Trinajstić information content (AvgIpc) is 2.47. The number of rotatable bonds is 4. The molecular weight excluding hydrogens is 268 g/mol. The third kappa shape index (κ3) is 3.24. The molecule has 0 saturated carbocycles. The predicted octanol–water partition coefficient (Wildman–Crippen LogP) is 1.58. The lowest BCUT2D eigenvalue weighted by Gasteiger charge is -2.45. The largest absolute Gasteiger partial charge is 0.479 e. The Hall–Kier alpha value is -1.88. The number of carbonyl (C=O) groups is 2. The maximum atomic E-state index is 11.8. The van der Waals surface area contributed by atoms with Crippen molar-refractivity contribution in [2.24, 2.45) is 0 Å². The number of carboxylic acid groups (broad SMARTS) is 1. The molecule has 1 aromatic carbocycles. The van der Waals surface area contributed by atoms with Crippen LogP contribution in [0.25, 0.3) is 0 Å². The highest BCUT2D eigenvalue weighted by atomic mass is 16.4. The molecule has 1 aromatic rings. The van der Waals surface area contributed by atoms with Crippen LogP contribution in [-0.2, 0) is 16.1 Å². The molecule has 2 rings (SSSR count). The zero-order valence-corrected chi connectivity index (χ0v) is 12.6. The maximum absolute atomic E-state index is 11.8. The summed E-state index contributed by atoms with van der Waals surface area (Å²) in [6, 6.07) is 9.99. The van der Waals surface area contributed by atoms with Crippen LogP contribution in [0.5, 0.6) is 0 Å². The lowest BCUT2D eigenvalue weighted by atomic mass is 9.87. The van der Waals surface area contributed by atoms with Gasteiger partial charge in [0, 0.05) is 27.1 Å². The van der Waals surface area contributed by atoms with Gasteiger partial charge in [0.2, 0.25) is 5.91 Å². The van der Waals surface area contributed by atoms with E-state index in [0.29, 0.717) is 19.5 Å². The Kier molecular flexibility index (Phi) is 4.63. The number of amides is 1. The minimum Gasteiger partial charge on any atom is -0.479 e. The Balaban J connectivity index is 2.17. The van der Waals surface area contributed by atoms with E-state index in [-0.39, 0.29) is 5.91 Å². The molecule has 1 N–H and O–H groups in total. The quantitative estimate of drug-likeness (QED) is 0.914. The van der Waals surface area contributed by atoms with E-state index in [0.717, 1.165) is 18.5 Å². The number of likely N-dealkylation sites (N-methyl/N-ethyl adjacent to an activating group) is 1. The molecular formula is C16H22N2O3. The van der Waals surface area contributed by atoms with Crippen molar-refractivity contribution >= 4 is 11.9 Å². The highest BCUT2D eigenvalue weighted by molar-refractivity contribution is 5.86. The highest BCUT2D eigenvalue weighted by Crippen LogP contribution is 2.28. The summed E-state index contributed by atoms with van der Waals surface area (Å²) in [5.41, 5.74) is 0.0444. The van der Waals surface area contributed by atoms with E-state index in [1.165, 1.54) is 11.8 Å². The molecule has 0 aliphatic carbocycles. The molecule has 1 amide bonds. The zero-order chi connectivity index (χ0) is 15.5. The van der Waals surface area contributed by atoms with Crippen molar-refractivity contribution in [1.29, 1.82) is 0 Å². The summed E-state index contributed by atoms with van der Waals surface area (Å²) in [5, 5.41) is 9.67. The van der Waals surface area contributed by atoms with Crippen LogP contribution in [0.2, 0.25) is 0 Å². The van der Waals surface area contributed by atoms with Gasteiger partial charge in [-0.15, -0.1) is 0 Å². The fraction of sp³-hybridized carbons (Fsp3) is 0.500. The number of likely N-dealkylation sites (tertiary alicyclic amines) is 1. The van der Waals surface area contributed by atoms with Gasteiger partial charge in [-0.25, -0.2) is 4.79 Å². The molecule has 0 spiro atoms. The summed E-state index contributed by atoms with van der Waals surface area (Å²) in [6.45, 7) is 3.35. The predicted molar refractivity (Wildman–Crippen MR) is 79.8 cm³/mol. The third-order valence-electron chi connectivity index (χ3n) is 4.31. The Bertz CT molecular complexity index is 518. The van der Waals surface area contributed by atoms with Crippen LogP contribution < -0.4 is 0 Å². The molecule has 21 heavy (non-hydrogen) atoms. The molecule has 0 aromatic heterocycles. The minimum atomic E-state index is -1.11. The molecule has 1 unspecified atom stereocenters. The molecule has 0 radical (unpaired) electrons. The van der Waals surface area contributed by atoms with Crippen molar-refractivity contribution in [1.82, 2.24) is 9.80 Å². The van der Waals surface area contributed by atoms with E-state index in [1.807, 2.05) is 30.3 Å². The van der Waals surface area contributed by atoms with Crippen LogP contribution in [0.1, 0.15) is 25.3 Å². The van der Waals surface area contributed by atoms with Gasteiger partial charge in [-0.2, -0.15) is 0 Å². The summed E-state index contributed by atoms with van der Waals surface area (Å²) < 4.78 is 0. The Labute approximate surface area is 125 Å². The number of nitrogens with zero attached hydrogens (tertiary/aromatic N) is 2. The van der Waals surface area contributed by atoms with E-state index in [9.17, 15) is 14.7 Å². The van der Waals surface area contributed by atoms with E-state index in [2.05, 4.69) is 4.90 Å². The van der Waals surface area contributed by atoms with E-state index >= 15 is 0 Å². The van der Waals surface area contributed by atoms with Gasteiger partial charge in [0.1, 0.15) is 0 Å². The van der Waals surface area contributed by atoms with Crippen LogP contribution in [0.15, 0.2) is 30.3 Å². The third-order valence-corrected chi connectivity index (χ3v) is 4.31. The smallest absolute Gasteiger partial charge is 0.330 e. The van der Waals surface area contributed by atoms with Gasteiger partial charge in [0.25, 0.3) is 0 Å². The normalized spacial score (nSPS) is 22.8. The number of benzene rings is 1. The van der Waals surface area contributed by atoms with Crippen molar-refractivity contribution in [3.63, 3.8) is 0 Å². The summed E-state index contributed by atoms with van der Waals surface area (Å²) >= 11 is 0. The van der Waals surface area contributed by atoms with Crippen molar-refractivity contribution in [3.8, 4) is 0 Å². The van der Waals surface area contributed by atoms with Crippen LogP contribution in [0, 0.1) is 0 Å². The highest BCUT2D eigenvalue weighted by Gasteiger charge is 2.46. The lowest BCUT2D eigenvalue weighted by Crippen LogP contribution is -2.63. The Morgan fingerprint density at radius 2 is 2.00 bits per heavy atom. The first-order valence-electron chi connectivity index (χ1n) is 7.20. The van der Waals surface area contributed by atoms with Crippen LogP contribution in [0.3, 0.4) is 0 Å². The first-order valence-corrected chi connectivity index (χ1v) is 7.20. The van der Waals surface area contributed by atoms with Crippen LogP contribution in [0.4, 0.5) is 0 Å². The van der Waals surface area contributed by atoms with Crippen molar-refractivity contribution < 1.29 is 14.7 Å². The van der Waals surface area contributed by atoms with Gasteiger partial charge in [-0.1, -0.05) is 30.3 Å². The van der Waals surface area contributed by atoms with Gasteiger partial charge in [0.05, 0.1) is 0 Å². The van der Waals surface area contributed by atoms with Crippen LogP contribution in [-0.4, -0.2) is 52.5 Å². The molecule has 1 aliphatic rings. The van der Waals surface area contributed by atoms with Gasteiger partial charge in [-0.05, 0) is 24.9 Å². The molecule has 5 nitrogen and oxygen atoms in total. The lowest BCUT2D eigenvalue weighted by molar-refractivity contribution is -0.161. The molecule has 0 bridgehead atoms. The molecule has 1 aliphatic heterocycles. The standard InChI is InChI=1S/C16H22N2O3/c1-13(19)17(2)16(15(20)21)9-6-10-18(12-16)11-14-7-4-3-5-8-14/h3-5,7-8H,6,9-12H2,1-2H3,(H,20,21). The summed E-state index contributed by atoms with van der Waals surface area (Å²) in [7, 11) is 1.59. The second-order valence-electron chi connectivity index (χ2n) is 5.71. The van der Waals surface area contributed by atoms with Gasteiger partial charge in [-0.3, -0.25) is 9.69 Å². The second kappa shape index (κ2) is 6.26. The number of carbonyl (C=O) groups excluding carboxylic acids is 1. The molecule has 1 heterocycles. The number of hydrogen-bond acceptors (Lipinski definition) is 3. The molecule has 1 saturated heterocycles. The van der Waals surface area contributed by atoms with Gasteiger partial charge in [0.15, 0.2) is 5.54 Å². The fourth-order valence-corrected chi connectivity index (χ4v) is 2.99. The number of piperidine rings is 1. The monoisotopic (exact) mass is 290 g/mol. The number of hydrogen-bond donors (Lipinski definition) is 1. The molecule has 1 fully saturated rings. The maximum Gasteiger partial charge on any atom is 0.330 e. The number of carboxylic acids is 1. The average molecular weight is 290 g/mol. The Morgan fingerprint density at radius 3 is 2.57 bits per heavy atom. The number of aliphatic carboxylic acids is 1. The SMILES string of the molecule is CC(=O)N(C)C1(C(=O)O)CCCN(Cc2ccccc2)C1. The fourth-order valence-electron chi connectivity index (χ4n) is 2.99. The summed E-state index contributed by atoms with van der Waals surface area (Å²) in [5.74, 6) is -1.13. The van der Waals surface area contributed by atoms with Crippen molar-refractivity contribution in [2.75, 3.05) is 20.1 Å². The summed E-state index contributed by atoms with van der Waals surface area (Å²) in [4.78, 5) is 27.0. The Morgan fingerprint density at radius 1 is 1.33 bits per heavy atom. The van der Waals surface area contributed by atoms with Crippen molar-refractivity contribution in [3.05, 3.63) is 35.9 Å². The van der Waals surface area contributed by atoms with Gasteiger partial charge >= 0.3 is 5.97 Å². The zero-order valence-electron chi connectivity index (χ0n) is 12.6. The molecule has 5 heteroatoms. The first-order chi connectivity index (χ1) is 9.95. The van der Waals surface area contributed by atoms with Crippen LogP contribution >= 0.6 is 0 Å². The van der Waals surface area contributed by atoms with E-state index in [4.69, 9.17) is 0 Å². The molecule has 114 valence electrons. The topological polar surface area (TPSA) is 60.9 Å². The van der Waals surface area contributed by atoms with E-state index in [1.54, 1.807) is 7.05 Å². The minimum absolute atomic E-state index is 0.209. The van der Waals surface area contributed by atoms with Gasteiger partial charge < -0.3 is 10.0 Å². The summed E-state index contributed by atoms with van der Waals surface area (Å²) in [6.07, 6.45) is 1.28. The second-order valence-corrected chi connectivity index (χ2v) is 5.71. The van der Waals surface area contributed by atoms with Crippen molar-refractivity contribution in [2.45, 2.75) is 31.8 Å². The molecule has 1 atom stereocenters.